The summed E-state index contributed by atoms with van der Waals surface area (Å²) >= 11 is 0. The molecule has 2 amide bonds. The number of aryl methyl sites for hydroxylation is 1. The number of hydrogen-bond donors (Lipinski definition) is 1. The van der Waals surface area contributed by atoms with E-state index in [1.54, 1.807) is 23.1 Å². The number of nitrogens with one attached hydrogen (secondary N) is 1. The average Bonchev–Trinajstić information content (AvgIpc) is 3.62. The first-order chi connectivity index (χ1) is 17.2. The Bertz CT molecular complexity index is 1270. The summed E-state index contributed by atoms with van der Waals surface area (Å²) in [5.74, 6) is 0.235. The summed E-state index contributed by atoms with van der Waals surface area (Å²) in [4.78, 5) is 31.4. The Balaban J connectivity index is 1.14. The van der Waals surface area contributed by atoms with E-state index < -0.39 is 10.0 Å². The molecule has 1 aliphatic carbocycles. The molecule has 0 aromatic heterocycles. The average molecular weight is 511 g/mol. The van der Waals surface area contributed by atoms with Crippen molar-refractivity contribution in [2.24, 2.45) is 5.92 Å². The second-order valence-corrected chi connectivity index (χ2v) is 11.9. The normalized spacial score (nSPS) is 19.9. The van der Waals surface area contributed by atoms with Gasteiger partial charge in [0.15, 0.2) is 0 Å². The van der Waals surface area contributed by atoms with Gasteiger partial charge in [0.25, 0.3) is 0 Å². The lowest BCUT2D eigenvalue weighted by molar-refractivity contribution is -0.131. The third kappa shape index (κ3) is 5.13. The van der Waals surface area contributed by atoms with Gasteiger partial charge in [0.1, 0.15) is 0 Å². The predicted octanol–water partition coefficient (Wildman–Crippen LogP) is 2.70. The number of nitrogens with zero attached hydrogens (tertiary/aromatic N) is 3. The Morgan fingerprint density at radius 2 is 1.86 bits per heavy atom. The van der Waals surface area contributed by atoms with Crippen LogP contribution in [0.25, 0.3) is 0 Å². The second kappa shape index (κ2) is 9.86. The molecule has 0 spiro atoms. The molecule has 1 saturated carbocycles. The zero-order valence-electron chi connectivity index (χ0n) is 20.9. The molecular formula is C27H34N4O4S. The Kier molecular flexibility index (Phi) is 6.78. The van der Waals surface area contributed by atoms with Gasteiger partial charge < -0.3 is 14.7 Å². The first kappa shape index (κ1) is 24.8. The van der Waals surface area contributed by atoms with E-state index in [9.17, 15) is 18.0 Å². The third-order valence-electron chi connectivity index (χ3n) is 7.39. The van der Waals surface area contributed by atoms with Crippen molar-refractivity contribution in [3.8, 4) is 0 Å². The molecule has 0 radical (unpaired) electrons. The van der Waals surface area contributed by atoms with Gasteiger partial charge in [-0.25, -0.2) is 13.1 Å². The number of sulfonamides is 1. The number of carbonyl (C=O) groups is 2. The van der Waals surface area contributed by atoms with Crippen LogP contribution in [0.3, 0.4) is 0 Å². The first-order valence-electron chi connectivity index (χ1n) is 12.8. The summed E-state index contributed by atoms with van der Waals surface area (Å²) in [5, 5.41) is 0. The van der Waals surface area contributed by atoms with Crippen molar-refractivity contribution in [1.82, 2.24) is 9.62 Å². The van der Waals surface area contributed by atoms with Gasteiger partial charge in [-0.15, -0.1) is 0 Å². The standard InChI is InChI=1S/C27H34N4O4S/c1-19-4-3-5-23(16-19)30-15-14-29(18-20(30)2)26(32)10-12-28-36(34,35)24-8-9-25-22(17-24)11-13-31(25)27(33)21-6-7-21/h3-5,8-9,16-17,20-21,28H,6-7,10-15,18H2,1-2H3/t20-/m0/s1. The Labute approximate surface area is 213 Å². The van der Waals surface area contributed by atoms with Gasteiger partial charge in [0, 0.05) is 62.5 Å². The Morgan fingerprint density at radius 3 is 2.58 bits per heavy atom. The first-order valence-corrected chi connectivity index (χ1v) is 14.3. The van der Waals surface area contributed by atoms with Crippen LogP contribution in [-0.4, -0.2) is 63.9 Å². The monoisotopic (exact) mass is 510 g/mol. The molecule has 2 fully saturated rings. The molecule has 1 N–H and O–H groups in total. The Hall–Kier alpha value is -2.91. The van der Waals surface area contributed by atoms with Gasteiger partial charge in [-0.05, 0) is 74.6 Å². The van der Waals surface area contributed by atoms with E-state index in [0.29, 0.717) is 26.1 Å². The predicted molar refractivity (Wildman–Crippen MR) is 140 cm³/mol. The number of carbonyl (C=O) groups excluding carboxylic acids is 2. The van der Waals surface area contributed by atoms with Crippen molar-refractivity contribution in [1.29, 1.82) is 0 Å². The molecule has 2 aromatic rings. The van der Waals surface area contributed by atoms with E-state index in [-0.39, 0.29) is 41.6 Å². The molecule has 1 saturated heterocycles. The summed E-state index contributed by atoms with van der Waals surface area (Å²) in [6.45, 7) is 6.81. The van der Waals surface area contributed by atoms with Gasteiger partial charge in [-0.1, -0.05) is 12.1 Å². The minimum absolute atomic E-state index is 0.0448. The lowest BCUT2D eigenvalue weighted by Gasteiger charge is -2.41. The van der Waals surface area contributed by atoms with Crippen molar-refractivity contribution in [3.63, 3.8) is 0 Å². The maximum absolute atomic E-state index is 12.9. The van der Waals surface area contributed by atoms with Gasteiger partial charge in [0.05, 0.1) is 4.90 Å². The van der Waals surface area contributed by atoms with Crippen LogP contribution in [0.1, 0.15) is 37.3 Å². The molecule has 192 valence electrons. The largest absolute Gasteiger partial charge is 0.365 e. The molecule has 0 bridgehead atoms. The topological polar surface area (TPSA) is 90.0 Å². The SMILES string of the molecule is Cc1cccc(N2CCN(C(=O)CCNS(=O)(=O)c3ccc4c(c3)CCN4C(=O)C3CC3)C[C@@H]2C)c1. The van der Waals surface area contributed by atoms with E-state index in [2.05, 4.69) is 41.7 Å². The van der Waals surface area contributed by atoms with E-state index >= 15 is 0 Å². The van der Waals surface area contributed by atoms with Gasteiger partial charge in [0.2, 0.25) is 21.8 Å². The van der Waals surface area contributed by atoms with Crippen molar-refractivity contribution in [3.05, 3.63) is 53.6 Å². The number of rotatable bonds is 7. The summed E-state index contributed by atoms with van der Waals surface area (Å²) < 4.78 is 28.3. The van der Waals surface area contributed by atoms with E-state index in [0.717, 1.165) is 36.3 Å². The molecular weight excluding hydrogens is 476 g/mol. The van der Waals surface area contributed by atoms with Crippen LogP contribution in [0, 0.1) is 12.8 Å². The third-order valence-corrected chi connectivity index (χ3v) is 8.85. The smallest absolute Gasteiger partial charge is 0.240 e. The van der Waals surface area contributed by atoms with Crippen LogP contribution in [0.5, 0.6) is 0 Å². The molecule has 1 atom stereocenters. The number of amides is 2. The van der Waals surface area contributed by atoms with Crippen LogP contribution >= 0.6 is 0 Å². The fourth-order valence-corrected chi connectivity index (χ4v) is 6.32. The van der Waals surface area contributed by atoms with Crippen LogP contribution in [-0.2, 0) is 26.0 Å². The van der Waals surface area contributed by atoms with Crippen LogP contribution in [0.2, 0.25) is 0 Å². The quantitative estimate of drug-likeness (QED) is 0.619. The number of anilines is 2. The minimum Gasteiger partial charge on any atom is -0.365 e. The van der Waals surface area contributed by atoms with Gasteiger partial charge in [-0.2, -0.15) is 0 Å². The van der Waals surface area contributed by atoms with Crippen molar-refractivity contribution < 1.29 is 18.0 Å². The lowest BCUT2D eigenvalue weighted by atomic mass is 10.1. The number of piperazine rings is 1. The van der Waals surface area contributed by atoms with Crippen LogP contribution < -0.4 is 14.5 Å². The molecule has 2 heterocycles. The fraction of sp³-hybridized carbons (Fsp3) is 0.481. The highest BCUT2D eigenvalue weighted by Gasteiger charge is 2.36. The number of benzene rings is 2. The van der Waals surface area contributed by atoms with Gasteiger partial charge in [-0.3, -0.25) is 9.59 Å². The van der Waals surface area contributed by atoms with E-state index in [4.69, 9.17) is 0 Å². The number of hydrogen-bond acceptors (Lipinski definition) is 5. The van der Waals surface area contributed by atoms with Gasteiger partial charge >= 0.3 is 0 Å². The van der Waals surface area contributed by atoms with Crippen molar-refractivity contribution >= 4 is 33.2 Å². The lowest BCUT2D eigenvalue weighted by Crippen LogP contribution is -2.54. The maximum Gasteiger partial charge on any atom is 0.240 e. The van der Waals surface area contributed by atoms with E-state index in [1.807, 2.05) is 11.0 Å². The summed E-state index contributed by atoms with van der Waals surface area (Å²) in [5.41, 5.74) is 4.07. The highest BCUT2D eigenvalue weighted by Crippen LogP contribution is 2.37. The summed E-state index contributed by atoms with van der Waals surface area (Å²) in [7, 11) is -3.74. The fourth-order valence-electron chi connectivity index (χ4n) is 5.23. The van der Waals surface area contributed by atoms with Crippen molar-refractivity contribution in [2.75, 3.05) is 42.5 Å². The minimum atomic E-state index is -3.74. The maximum atomic E-state index is 12.9. The highest BCUT2D eigenvalue weighted by molar-refractivity contribution is 7.89. The summed E-state index contributed by atoms with van der Waals surface area (Å²) in [6, 6.07) is 13.5. The van der Waals surface area contributed by atoms with E-state index in [1.165, 1.54) is 5.56 Å². The summed E-state index contributed by atoms with van der Waals surface area (Å²) in [6.07, 6.45) is 2.66. The molecule has 36 heavy (non-hydrogen) atoms. The zero-order valence-corrected chi connectivity index (χ0v) is 21.8. The second-order valence-electron chi connectivity index (χ2n) is 10.2. The molecule has 0 unspecified atom stereocenters. The molecule has 5 rings (SSSR count). The molecule has 9 heteroatoms. The van der Waals surface area contributed by atoms with Crippen LogP contribution in [0.15, 0.2) is 47.4 Å². The molecule has 3 aliphatic rings. The molecule has 2 aromatic carbocycles. The molecule has 8 nitrogen and oxygen atoms in total. The zero-order chi connectivity index (χ0) is 25.4. The highest BCUT2D eigenvalue weighted by atomic mass is 32.2. The van der Waals surface area contributed by atoms with Crippen molar-refractivity contribution in [2.45, 2.75) is 50.5 Å². The molecule has 2 aliphatic heterocycles. The number of fused-ring (bicyclic) bond motifs is 1. The van der Waals surface area contributed by atoms with Crippen LogP contribution in [0.4, 0.5) is 11.4 Å². The Morgan fingerprint density at radius 1 is 1.06 bits per heavy atom.